The van der Waals surface area contributed by atoms with Crippen LogP contribution in [0, 0.1) is 9.81 Å². The lowest BCUT2D eigenvalue weighted by Crippen LogP contribution is -1.98. The van der Waals surface area contributed by atoms with Crippen molar-refractivity contribution in [1.29, 1.82) is 0 Å². The highest BCUT2D eigenvalue weighted by Gasteiger charge is 2.15. The van der Waals surface area contributed by atoms with E-state index in [4.69, 9.17) is 0 Å². The third-order valence-electron chi connectivity index (χ3n) is 1.96. The maximum atomic E-state index is 12.1. The van der Waals surface area contributed by atoms with E-state index < -0.39 is 0 Å². The monoisotopic (exact) mass is 412 g/mol. The number of halogens is 2. The van der Waals surface area contributed by atoms with E-state index in [1.807, 2.05) is 24.4 Å². The average Bonchev–Trinajstić information content (AvgIpc) is 2.71. The molecule has 0 radical (unpaired) electrons. The minimum absolute atomic E-state index is 0.119. The first-order chi connectivity index (χ1) is 7.08. The molecule has 0 saturated carbocycles. The van der Waals surface area contributed by atoms with Crippen LogP contribution in [0.2, 0.25) is 0 Å². The second-order valence-electron chi connectivity index (χ2n) is 2.99. The summed E-state index contributed by atoms with van der Waals surface area (Å²) in [4.78, 5) is 13.1. The number of aryl methyl sites for hydroxylation is 1. The van der Waals surface area contributed by atoms with Gasteiger partial charge in [0.15, 0.2) is 5.78 Å². The zero-order chi connectivity index (χ0) is 11.0. The molecule has 78 valence electrons. The van der Waals surface area contributed by atoms with Gasteiger partial charge in [0.2, 0.25) is 0 Å². The molecule has 0 aliphatic heterocycles. The van der Waals surface area contributed by atoms with Gasteiger partial charge in [-0.25, -0.2) is 0 Å². The fraction of sp³-hybridized carbons (Fsp3) is 0.100. The molecule has 0 aliphatic rings. The van der Waals surface area contributed by atoms with E-state index >= 15 is 0 Å². The molecule has 1 nitrogen and oxygen atoms in total. The van der Waals surface area contributed by atoms with Crippen LogP contribution in [0.1, 0.15) is 20.8 Å². The smallest absolute Gasteiger partial charge is 0.195 e. The van der Waals surface area contributed by atoms with Gasteiger partial charge in [-0.15, -0.1) is 22.7 Å². The van der Waals surface area contributed by atoms with Gasteiger partial charge in [0.25, 0.3) is 0 Å². The van der Waals surface area contributed by atoms with E-state index in [0.29, 0.717) is 0 Å². The fourth-order valence-electron chi connectivity index (χ4n) is 1.26. The van der Waals surface area contributed by atoms with Crippen LogP contribution >= 0.6 is 61.2 Å². The van der Waals surface area contributed by atoms with Crippen molar-refractivity contribution >= 4 is 67.0 Å². The van der Waals surface area contributed by atoms with Crippen LogP contribution in [-0.4, -0.2) is 5.78 Å². The molecule has 0 atom stereocenters. The highest BCUT2D eigenvalue weighted by molar-refractivity contribution is 14.1. The van der Waals surface area contributed by atoms with E-state index in [0.717, 1.165) is 22.7 Å². The minimum atomic E-state index is 0.119. The summed E-state index contributed by atoms with van der Waals surface area (Å²) in [5.74, 6) is 0.119. The Morgan fingerprint density at radius 2 is 2.20 bits per heavy atom. The summed E-state index contributed by atoms with van der Waals surface area (Å²) < 4.78 is 2.15. The summed E-state index contributed by atoms with van der Waals surface area (Å²) in [6.07, 6.45) is 0. The zero-order valence-electron chi connectivity index (χ0n) is 7.71. The second-order valence-corrected chi connectivity index (χ2v) is 8.43. The quantitative estimate of drug-likeness (QED) is 0.515. The van der Waals surface area contributed by atoms with Crippen molar-refractivity contribution in [3.05, 3.63) is 40.2 Å². The van der Waals surface area contributed by atoms with Crippen molar-refractivity contribution in [2.45, 2.75) is 6.92 Å². The predicted molar refractivity (Wildman–Crippen MR) is 77.2 cm³/mol. The van der Waals surface area contributed by atoms with E-state index in [1.165, 1.54) is 0 Å². The van der Waals surface area contributed by atoms with Crippen LogP contribution in [-0.2, 0) is 0 Å². The SMILES string of the molecule is Cc1sc(Br)cc1C(=O)c1csc(I)c1. The molecule has 15 heavy (non-hydrogen) atoms. The van der Waals surface area contributed by atoms with E-state index in [1.54, 1.807) is 22.7 Å². The summed E-state index contributed by atoms with van der Waals surface area (Å²) >= 11 is 8.82. The molecule has 0 N–H and O–H groups in total. The normalized spacial score (nSPS) is 10.6. The molecule has 0 aliphatic carbocycles. The van der Waals surface area contributed by atoms with Gasteiger partial charge in [-0.1, -0.05) is 0 Å². The van der Waals surface area contributed by atoms with Crippen molar-refractivity contribution in [2.75, 3.05) is 0 Å². The summed E-state index contributed by atoms with van der Waals surface area (Å²) in [5, 5.41) is 1.91. The first kappa shape index (κ1) is 11.8. The van der Waals surface area contributed by atoms with Crippen LogP contribution < -0.4 is 0 Å². The molecule has 0 spiro atoms. The van der Waals surface area contributed by atoms with E-state index in [9.17, 15) is 4.79 Å². The van der Waals surface area contributed by atoms with Gasteiger partial charge in [-0.05, 0) is 57.6 Å². The Bertz CT molecular complexity index is 515. The largest absolute Gasteiger partial charge is 0.289 e. The number of hydrogen-bond acceptors (Lipinski definition) is 3. The second kappa shape index (κ2) is 4.65. The predicted octanol–water partition coefficient (Wildman–Crippen LogP) is 4.72. The van der Waals surface area contributed by atoms with Gasteiger partial charge in [0, 0.05) is 21.4 Å². The molecule has 0 aromatic carbocycles. The lowest BCUT2D eigenvalue weighted by atomic mass is 10.1. The van der Waals surface area contributed by atoms with Crippen LogP contribution in [0.15, 0.2) is 21.3 Å². The molecule has 0 fully saturated rings. The third kappa shape index (κ3) is 2.51. The summed E-state index contributed by atoms with van der Waals surface area (Å²) in [6.45, 7) is 1.97. The van der Waals surface area contributed by atoms with E-state index in [2.05, 4.69) is 38.5 Å². The number of ketones is 1. The Morgan fingerprint density at radius 1 is 1.47 bits per heavy atom. The minimum Gasteiger partial charge on any atom is -0.289 e. The standard InChI is InChI=1S/C10H6BrIOS2/c1-5-7(3-8(11)15-5)10(13)6-2-9(12)14-4-6/h2-4H,1H3. The lowest BCUT2D eigenvalue weighted by molar-refractivity contribution is 0.103. The van der Waals surface area contributed by atoms with Crippen LogP contribution in [0.4, 0.5) is 0 Å². The van der Waals surface area contributed by atoms with Gasteiger partial charge in [0.05, 0.1) is 6.67 Å². The van der Waals surface area contributed by atoms with Gasteiger partial charge < -0.3 is 0 Å². The summed E-state index contributed by atoms with van der Waals surface area (Å²) in [6, 6.07) is 3.82. The van der Waals surface area contributed by atoms with Crippen LogP contribution in [0.3, 0.4) is 0 Å². The zero-order valence-corrected chi connectivity index (χ0v) is 13.1. The number of thiophene rings is 2. The Kier molecular flexibility index (Phi) is 3.64. The molecule has 5 heteroatoms. The maximum absolute atomic E-state index is 12.1. The van der Waals surface area contributed by atoms with Crippen molar-refractivity contribution in [2.24, 2.45) is 0 Å². The molecule has 0 bridgehead atoms. The average molecular weight is 413 g/mol. The molecule has 2 heterocycles. The van der Waals surface area contributed by atoms with Crippen LogP contribution in [0.25, 0.3) is 0 Å². The van der Waals surface area contributed by atoms with Crippen molar-refractivity contribution < 1.29 is 4.79 Å². The number of rotatable bonds is 2. The lowest BCUT2D eigenvalue weighted by Gasteiger charge is -1.95. The fourth-order valence-corrected chi connectivity index (χ4v) is 4.27. The van der Waals surface area contributed by atoms with Crippen molar-refractivity contribution in [3.63, 3.8) is 0 Å². The first-order valence-electron chi connectivity index (χ1n) is 4.12. The summed E-state index contributed by atoms with van der Waals surface area (Å²) in [5.41, 5.74) is 1.60. The van der Waals surface area contributed by atoms with Gasteiger partial charge in [-0.3, -0.25) is 4.79 Å². The number of hydrogen-bond donors (Lipinski definition) is 0. The molecule has 0 saturated heterocycles. The Labute approximate surface area is 118 Å². The van der Waals surface area contributed by atoms with Gasteiger partial charge in [0.1, 0.15) is 0 Å². The van der Waals surface area contributed by atoms with E-state index in [-0.39, 0.29) is 5.78 Å². The highest BCUT2D eigenvalue weighted by Crippen LogP contribution is 2.29. The molecular formula is C10H6BrIOS2. The van der Waals surface area contributed by atoms with Crippen molar-refractivity contribution in [3.8, 4) is 0 Å². The first-order valence-corrected chi connectivity index (χ1v) is 7.69. The molecule has 0 unspecified atom stereocenters. The van der Waals surface area contributed by atoms with Gasteiger partial charge >= 0.3 is 0 Å². The maximum Gasteiger partial charge on any atom is 0.195 e. The molecular weight excluding hydrogens is 407 g/mol. The van der Waals surface area contributed by atoms with Crippen molar-refractivity contribution in [1.82, 2.24) is 0 Å². The molecule has 2 aromatic rings. The Hall–Kier alpha value is 0.280. The Morgan fingerprint density at radius 3 is 2.67 bits per heavy atom. The topological polar surface area (TPSA) is 17.1 Å². The molecule has 2 aromatic heterocycles. The third-order valence-corrected chi connectivity index (χ3v) is 5.30. The Balaban J connectivity index is 2.40. The van der Waals surface area contributed by atoms with Crippen LogP contribution in [0.5, 0.6) is 0 Å². The van der Waals surface area contributed by atoms with Gasteiger partial charge in [-0.2, -0.15) is 0 Å². The summed E-state index contributed by atoms with van der Waals surface area (Å²) in [7, 11) is 0. The highest BCUT2D eigenvalue weighted by atomic mass is 127. The number of carbonyl (C=O) groups excluding carboxylic acids is 1. The number of carbonyl (C=O) groups is 1. The molecule has 2 rings (SSSR count). The molecule has 0 amide bonds.